The second-order valence-electron chi connectivity index (χ2n) is 5.14. The Morgan fingerprint density at radius 2 is 1.75 bits per heavy atom. The predicted octanol–water partition coefficient (Wildman–Crippen LogP) is 3.87. The van der Waals surface area contributed by atoms with Gasteiger partial charge in [-0.1, -0.05) is 12.1 Å². The fourth-order valence-electron chi connectivity index (χ4n) is 2.30. The van der Waals surface area contributed by atoms with Gasteiger partial charge in [-0.3, -0.25) is 4.57 Å². The molecule has 0 spiro atoms. The first-order chi connectivity index (χ1) is 11.3. The van der Waals surface area contributed by atoms with Gasteiger partial charge in [0.2, 0.25) is 5.28 Å². The van der Waals surface area contributed by atoms with Crippen LogP contribution in [-0.2, 0) is 9.84 Å². The van der Waals surface area contributed by atoms with Crippen molar-refractivity contribution >= 4 is 21.4 Å². The van der Waals surface area contributed by atoms with E-state index in [1.165, 1.54) is 29.0 Å². The molecule has 3 aromatic rings. The van der Waals surface area contributed by atoms with Crippen molar-refractivity contribution in [2.75, 3.05) is 6.26 Å². The van der Waals surface area contributed by atoms with E-state index in [2.05, 4.69) is 4.98 Å². The molecule has 124 valence electrons. The zero-order chi connectivity index (χ0) is 17.5. The van der Waals surface area contributed by atoms with Crippen molar-refractivity contribution in [3.63, 3.8) is 0 Å². The van der Waals surface area contributed by atoms with Crippen LogP contribution in [-0.4, -0.2) is 24.2 Å². The molecular formula is C16H11ClF2N2O2S. The van der Waals surface area contributed by atoms with E-state index in [4.69, 9.17) is 11.6 Å². The van der Waals surface area contributed by atoms with E-state index in [0.717, 1.165) is 18.4 Å². The van der Waals surface area contributed by atoms with Crippen LogP contribution in [0.4, 0.5) is 8.78 Å². The summed E-state index contributed by atoms with van der Waals surface area (Å²) in [5.41, 5.74) is 1.08. The molecule has 8 heteroatoms. The molecule has 0 fully saturated rings. The number of hydrogen-bond donors (Lipinski definition) is 0. The molecule has 0 N–H and O–H groups in total. The van der Waals surface area contributed by atoms with Crippen LogP contribution in [0.2, 0.25) is 5.28 Å². The molecule has 2 aromatic carbocycles. The summed E-state index contributed by atoms with van der Waals surface area (Å²) >= 11 is 6.04. The van der Waals surface area contributed by atoms with Crippen molar-refractivity contribution in [1.82, 2.24) is 9.55 Å². The van der Waals surface area contributed by atoms with Crippen LogP contribution in [0.5, 0.6) is 0 Å². The molecule has 0 saturated carbocycles. The number of imidazole rings is 1. The van der Waals surface area contributed by atoms with Gasteiger partial charge in [-0.25, -0.2) is 22.2 Å². The minimum Gasteiger partial charge on any atom is -0.280 e. The van der Waals surface area contributed by atoms with Gasteiger partial charge in [0.1, 0.15) is 11.6 Å². The Hall–Kier alpha value is -2.25. The number of aromatic nitrogens is 2. The maximum Gasteiger partial charge on any atom is 0.207 e. The minimum absolute atomic E-state index is 0.00250. The summed E-state index contributed by atoms with van der Waals surface area (Å²) in [7, 11) is -3.32. The molecule has 0 aliphatic heterocycles. The van der Waals surface area contributed by atoms with Gasteiger partial charge in [0.25, 0.3) is 0 Å². The van der Waals surface area contributed by atoms with Gasteiger partial charge in [-0.2, -0.15) is 0 Å². The Kier molecular flexibility index (Phi) is 4.15. The zero-order valence-electron chi connectivity index (χ0n) is 12.4. The predicted molar refractivity (Wildman–Crippen MR) is 87.0 cm³/mol. The van der Waals surface area contributed by atoms with Crippen molar-refractivity contribution in [3.8, 4) is 16.9 Å². The van der Waals surface area contributed by atoms with Gasteiger partial charge in [0.05, 0.1) is 22.5 Å². The maximum atomic E-state index is 14.1. The average Bonchev–Trinajstić information content (AvgIpc) is 2.88. The van der Waals surface area contributed by atoms with Crippen molar-refractivity contribution in [2.45, 2.75) is 4.90 Å². The second kappa shape index (κ2) is 5.99. The van der Waals surface area contributed by atoms with Gasteiger partial charge in [-0.15, -0.1) is 0 Å². The molecule has 0 saturated heterocycles. The molecule has 0 aliphatic rings. The van der Waals surface area contributed by atoms with Crippen molar-refractivity contribution in [3.05, 3.63) is 65.6 Å². The largest absolute Gasteiger partial charge is 0.280 e. The van der Waals surface area contributed by atoms with E-state index in [1.807, 2.05) is 0 Å². The van der Waals surface area contributed by atoms with Crippen molar-refractivity contribution in [1.29, 1.82) is 0 Å². The fourth-order valence-corrected chi connectivity index (χ4v) is 3.16. The molecule has 0 unspecified atom stereocenters. The molecule has 0 atom stereocenters. The maximum absolute atomic E-state index is 14.1. The van der Waals surface area contributed by atoms with Crippen LogP contribution in [0.15, 0.2) is 53.6 Å². The highest BCUT2D eigenvalue weighted by molar-refractivity contribution is 7.90. The number of halogens is 3. The Morgan fingerprint density at radius 3 is 2.33 bits per heavy atom. The first-order valence-corrected chi connectivity index (χ1v) is 9.03. The van der Waals surface area contributed by atoms with Crippen molar-refractivity contribution < 1.29 is 17.2 Å². The summed E-state index contributed by atoms with van der Waals surface area (Å²) in [6.45, 7) is 0. The third kappa shape index (κ3) is 3.05. The lowest BCUT2D eigenvalue weighted by atomic mass is 10.1. The van der Waals surface area contributed by atoms with Crippen LogP contribution in [0.3, 0.4) is 0 Å². The standard InChI is InChI=1S/C16H11ClF2N2O2S/c1-24(22,23)12-5-2-10(3-6-12)15-9-20-16(17)21(15)14-7-4-11(18)8-13(14)19/h2-9H,1H3. The van der Waals surface area contributed by atoms with Gasteiger partial charge in [0, 0.05) is 17.9 Å². The SMILES string of the molecule is CS(=O)(=O)c1ccc(-c2cnc(Cl)n2-c2ccc(F)cc2F)cc1. The topological polar surface area (TPSA) is 52.0 Å². The molecule has 0 aliphatic carbocycles. The number of hydrogen-bond acceptors (Lipinski definition) is 3. The molecule has 4 nitrogen and oxygen atoms in total. The summed E-state index contributed by atoms with van der Waals surface area (Å²) in [6, 6.07) is 9.15. The highest BCUT2D eigenvalue weighted by Crippen LogP contribution is 2.29. The van der Waals surface area contributed by atoms with E-state index < -0.39 is 21.5 Å². The Balaban J connectivity index is 2.14. The van der Waals surface area contributed by atoms with Gasteiger partial charge in [0.15, 0.2) is 9.84 Å². The summed E-state index contributed by atoms with van der Waals surface area (Å²) in [5, 5.41) is 0.00250. The summed E-state index contributed by atoms with van der Waals surface area (Å²) in [5.74, 6) is -1.49. The highest BCUT2D eigenvalue weighted by Gasteiger charge is 2.16. The number of nitrogens with zero attached hydrogens (tertiary/aromatic N) is 2. The van der Waals surface area contributed by atoms with Crippen molar-refractivity contribution in [2.24, 2.45) is 0 Å². The minimum atomic E-state index is -3.32. The molecule has 3 rings (SSSR count). The van der Waals surface area contributed by atoms with E-state index in [-0.39, 0.29) is 15.9 Å². The van der Waals surface area contributed by atoms with E-state index in [0.29, 0.717) is 11.3 Å². The average molecular weight is 369 g/mol. The van der Waals surface area contributed by atoms with Gasteiger partial charge >= 0.3 is 0 Å². The summed E-state index contributed by atoms with van der Waals surface area (Å²) in [4.78, 5) is 4.12. The number of sulfone groups is 1. The van der Waals surface area contributed by atoms with Crippen LogP contribution < -0.4 is 0 Å². The lowest BCUT2D eigenvalue weighted by Gasteiger charge is -2.11. The van der Waals surface area contributed by atoms with Gasteiger partial charge in [-0.05, 0) is 35.9 Å². The molecule has 1 aromatic heterocycles. The van der Waals surface area contributed by atoms with Crippen LogP contribution in [0, 0.1) is 11.6 Å². The lowest BCUT2D eigenvalue weighted by molar-refractivity contribution is 0.578. The molecule has 24 heavy (non-hydrogen) atoms. The fraction of sp³-hybridized carbons (Fsp3) is 0.0625. The molecule has 0 radical (unpaired) electrons. The second-order valence-corrected chi connectivity index (χ2v) is 7.49. The third-order valence-electron chi connectivity index (χ3n) is 3.45. The summed E-state index contributed by atoms with van der Waals surface area (Å²) in [6.07, 6.45) is 2.54. The molecule has 1 heterocycles. The number of benzene rings is 2. The van der Waals surface area contributed by atoms with Crippen LogP contribution in [0.1, 0.15) is 0 Å². The quantitative estimate of drug-likeness (QED) is 0.705. The first kappa shape index (κ1) is 16.6. The Bertz CT molecular complexity index is 1020. The summed E-state index contributed by atoms with van der Waals surface area (Å²) < 4.78 is 51.6. The van der Waals surface area contributed by atoms with E-state index >= 15 is 0 Å². The van der Waals surface area contributed by atoms with Crippen LogP contribution in [0.25, 0.3) is 16.9 Å². The molecule has 0 amide bonds. The van der Waals surface area contributed by atoms with E-state index in [9.17, 15) is 17.2 Å². The molecular weight excluding hydrogens is 358 g/mol. The zero-order valence-corrected chi connectivity index (χ0v) is 13.9. The van der Waals surface area contributed by atoms with E-state index in [1.54, 1.807) is 12.1 Å². The van der Waals surface area contributed by atoms with Gasteiger partial charge < -0.3 is 0 Å². The van der Waals surface area contributed by atoms with Crippen LogP contribution >= 0.6 is 11.6 Å². The first-order valence-electron chi connectivity index (χ1n) is 6.76. The monoisotopic (exact) mass is 368 g/mol. The normalized spacial score (nSPS) is 11.7. The lowest BCUT2D eigenvalue weighted by Crippen LogP contribution is -2.01. The highest BCUT2D eigenvalue weighted by atomic mass is 35.5. The molecule has 0 bridgehead atoms. The third-order valence-corrected chi connectivity index (χ3v) is 4.84. The number of rotatable bonds is 3. The Labute approximate surface area is 142 Å². The Morgan fingerprint density at radius 1 is 1.08 bits per heavy atom. The smallest absolute Gasteiger partial charge is 0.207 e.